The van der Waals surface area contributed by atoms with E-state index in [2.05, 4.69) is 6.92 Å². The van der Waals surface area contributed by atoms with Crippen molar-refractivity contribution in [2.45, 2.75) is 32.6 Å². The second-order valence-electron chi connectivity index (χ2n) is 6.70. The van der Waals surface area contributed by atoms with Crippen molar-refractivity contribution in [1.82, 2.24) is 4.90 Å². The number of carbonyl (C=O) groups excluding carboxylic acids is 1. The Balaban J connectivity index is 1.44. The predicted molar refractivity (Wildman–Crippen MR) is 83.2 cm³/mol. The lowest BCUT2D eigenvalue weighted by Crippen LogP contribution is -2.37. The van der Waals surface area contributed by atoms with Crippen molar-refractivity contribution in [3.8, 4) is 5.75 Å². The molecule has 2 fully saturated rings. The van der Waals surface area contributed by atoms with Crippen molar-refractivity contribution < 1.29 is 9.53 Å². The van der Waals surface area contributed by atoms with E-state index in [1.807, 2.05) is 36.2 Å². The molecular weight excluding hydrogens is 262 g/mol. The standard InChI is InChI=1S/C18H25NO2/c1-13-3-7-16(8-4-13)21-10-9-19(2)18(20)17-12-14-5-6-15(17)11-14/h3-4,7-8,14-15,17H,5-6,9-12H2,1-2H3. The van der Waals surface area contributed by atoms with Gasteiger partial charge in [-0.15, -0.1) is 0 Å². The summed E-state index contributed by atoms with van der Waals surface area (Å²) in [5, 5.41) is 0. The number of aryl methyl sites for hydroxylation is 1. The molecule has 1 amide bonds. The lowest BCUT2D eigenvalue weighted by Gasteiger charge is -2.26. The Morgan fingerprint density at radius 1 is 1.24 bits per heavy atom. The molecule has 2 saturated carbocycles. The fourth-order valence-corrected chi connectivity index (χ4v) is 3.88. The van der Waals surface area contributed by atoms with Crippen molar-refractivity contribution in [2.75, 3.05) is 20.2 Å². The molecule has 3 nitrogen and oxygen atoms in total. The van der Waals surface area contributed by atoms with Crippen LogP contribution in [0.4, 0.5) is 0 Å². The van der Waals surface area contributed by atoms with Crippen LogP contribution in [0.25, 0.3) is 0 Å². The first kappa shape index (κ1) is 14.4. The topological polar surface area (TPSA) is 29.5 Å². The molecule has 3 atom stereocenters. The van der Waals surface area contributed by atoms with Gasteiger partial charge in [-0.3, -0.25) is 4.79 Å². The Kier molecular flexibility index (Phi) is 4.18. The lowest BCUT2D eigenvalue weighted by molar-refractivity contribution is -0.136. The zero-order chi connectivity index (χ0) is 14.8. The monoisotopic (exact) mass is 287 g/mol. The van der Waals surface area contributed by atoms with Crippen molar-refractivity contribution in [2.24, 2.45) is 17.8 Å². The van der Waals surface area contributed by atoms with Gasteiger partial charge in [0.1, 0.15) is 12.4 Å². The van der Waals surface area contributed by atoms with Crippen molar-refractivity contribution in [1.29, 1.82) is 0 Å². The molecule has 1 aromatic rings. The maximum Gasteiger partial charge on any atom is 0.225 e. The molecule has 2 bridgehead atoms. The van der Waals surface area contributed by atoms with Crippen LogP contribution in [0.5, 0.6) is 5.75 Å². The van der Waals surface area contributed by atoms with E-state index in [1.54, 1.807) is 0 Å². The minimum Gasteiger partial charge on any atom is -0.492 e. The second-order valence-corrected chi connectivity index (χ2v) is 6.70. The third-order valence-corrected chi connectivity index (χ3v) is 5.15. The third-order valence-electron chi connectivity index (χ3n) is 5.15. The summed E-state index contributed by atoms with van der Waals surface area (Å²) >= 11 is 0. The lowest BCUT2D eigenvalue weighted by atomic mass is 9.88. The van der Waals surface area contributed by atoms with Crippen molar-refractivity contribution in [3.63, 3.8) is 0 Å². The molecule has 0 saturated heterocycles. The molecular formula is C18H25NO2. The molecule has 3 unspecified atom stereocenters. The van der Waals surface area contributed by atoms with Crippen LogP contribution in [-0.2, 0) is 4.79 Å². The minimum absolute atomic E-state index is 0.285. The highest BCUT2D eigenvalue weighted by Crippen LogP contribution is 2.48. The normalized spacial score (nSPS) is 26.9. The van der Waals surface area contributed by atoms with E-state index in [-0.39, 0.29) is 5.92 Å². The molecule has 21 heavy (non-hydrogen) atoms. The zero-order valence-electron chi connectivity index (χ0n) is 13.0. The van der Waals surface area contributed by atoms with Gasteiger partial charge in [0.2, 0.25) is 5.91 Å². The van der Waals surface area contributed by atoms with Crippen molar-refractivity contribution in [3.05, 3.63) is 29.8 Å². The molecule has 0 spiro atoms. The van der Waals surface area contributed by atoms with E-state index in [9.17, 15) is 4.79 Å². The number of amides is 1. The molecule has 1 aromatic carbocycles. The van der Waals surface area contributed by atoms with Crippen LogP contribution < -0.4 is 4.74 Å². The summed E-state index contributed by atoms with van der Waals surface area (Å²) in [6.45, 7) is 3.29. The highest BCUT2D eigenvalue weighted by Gasteiger charge is 2.43. The average molecular weight is 287 g/mol. The van der Waals surface area contributed by atoms with Crippen molar-refractivity contribution >= 4 is 5.91 Å². The number of likely N-dealkylation sites (N-methyl/N-ethyl adjacent to an activating group) is 1. The molecule has 114 valence electrons. The molecule has 3 rings (SSSR count). The first-order chi connectivity index (χ1) is 10.1. The largest absolute Gasteiger partial charge is 0.492 e. The SMILES string of the molecule is Cc1ccc(OCCN(C)C(=O)C2CC3CCC2C3)cc1. The van der Waals surface area contributed by atoms with Crippen LogP contribution in [0.15, 0.2) is 24.3 Å². The van der Waals surface area contributed by atoms with Crippen LogP contribution in [0.3, 0.4) is 0 Å². The van der Waals surface area contributed by atoms with Gasteiger partial charge in [0.05, 0.1) is 6.54 Å². The Labute approximate surface area is 127 Å². The molecule has 0 N–H and O–H groups in total. The smallest absolute Gasteiger partial charge is 0.225 e. The number of ether oxygens (including phenoxy) is 1. The maximum atomic E-state index is 12.5. The Hall–Kier alpha value is -1.51. The number of rotatable bonds is 5. The van der Waals surface area contributed by atoms with Gasteiger partial charge in [0.15, 0.2) is 0 Å². The summed E-state index contributed by atoms with van der Waals surface area (Å²) in [6.07, 6.45) is 5.00. The molecule has 0 aromatic heterocycles. The number of fused-ring (bicyclic) bond motifs is 2. The number of carbonyl (C=O) groups is 1. The summed E-state index contributed by atoms with van der Waals surface area (Å²) in [6, 6.07) is 8.04. The fourth-order valence-electron chi connectivity index (χ4n) is 3.88. The Bertz CT molecular complexity index is 496. The number of hydrogen-bond donors (Lipinski definition) is 0. The summed E-state index contributed by atoms with van der Waals surface area (Å²) in [4.78, 5) is 14.4. The third kappa shape index (κ3) is 3.22. The van der Waals surface area contributed by atoms with Gasteiger partial charge in [-0.1, -0.05) is 24.1 Å². The van der Waals surface area contributed by atoms with Gasteiger partial charge < -0.3 is 9.64 Å². The van der Waals surface area contributed by atoms with Gasteiger partial charge >= 0.3 is 0 Å². The molecule has 0 radical (unpaired) electrons. The number of nitrogens with zero attached hydrogens (tertiary/aromatic N) is 1. The molecule has 2 aliphatic carbocycles. The Morgan fingerprint density at radius 3 is 2.62 bits per heavy atom. The quantitative estimate of drug-likeness (QED) is 0.832. The van der Waals surface area contributed by atoms with Crippen LogP contribution in [0, 0.1) is 24.7 Å². The van der Waals surface area contributed by atoms with E-state index in [1.165, 1.54) is 24.8 Å². The molecule has 3 heteroatoms. The minimum atomic E-state index is 0.285. The summed E-state index contributed by atoms with van der Waals surface area (Å²) in [5.74, 6) is 2.97. The Morgan fingerprint density at radius 2 is 2.00 bits per heavy atom. The van der Waals surface area contributed by atoms with Gasteiger partial charge in [-0.05, 0) is 50.2 Å². The molecule has 0 aliphatic heterocycles. The molecule has 2 aliphatic rings. The predicted octanol–water partition coefficient (Wildman–Crippen LogP) is 3.27. The van der Waals surface area contributed by atoms with Gasteiger partial charge in [0, 0.05) is 13.0 Å². The van der Waals surface area contributed by atoms with Crippen LogP contribution in [0.1, 0.15) is 31.2 Å². The zero-order valence-corrected chi connectivity index (χ0v) is 13.0. The van der Waals surface area contributed by atoms with Gasteiger partial charge in [-0.25, -0.2) is 0 Å². The highest BCUT2D eigenvalue weighted by atomic mass is 16.5. The van der Waals surface area contributed by atoms with E-state index in [0.717, 1.165) is 18.1 Å². The van der Waals surface area contributed by atoms with E-state index < -0.39 is 0 Å². The van der Waals surface area contributed by atoms with Gasteiger partial charge in [-0.2, -0.15) is 0 Å². The van der Waals surface area contributed by atoms with E-state index in [4.69, 9.17) is 4.74 Å². The summed E-state index contributed by atoms with van der Waals surface area (Å²) in [5.41, 5.74) is 1.23. The van der Waals surface area contributed by atoms with E-state index in [0.29, 0.717) is 25.0 Å². The van der Waals surface area contributed by atoms with Crippen LogP contribution in [-0.4, -0.2) is 31.0 Å². The first-order valence-corrected chi connectivity index (χ1v) is 8.08. The molecule has 0 heterocycles. The second kappa shape index (κ2) is 6.08. The maximum absolute atomic E-state index is 12.5. The van der Waals surface area contributed by atoms with Crippen LogP contribution in [0.2, 0.25) is 0 Å². The number of hydrogen-bond acceptors (Lipinski definition) is 2. The first-order valence-electron chi connectivity index (χ1n) is 8.08. The van der Waals surface area contributed by atoms with Gasteiger partial charge in [0.25, 0.3) is 0 Å². The average Bonchev–Trinajstić information content (AvgIpc) is 3.11. The number of benzene rings is 1. The van der Waals surface area contributed by atoms with Crippen LogP contribution >= 0.6 is 0 Å². The highest BCUT2D eigenvalue weighted by molar-refractivity contribution is 5.79. The fraction of sp³-hybridized carbons (Fsp3) is 0.611. The van der Waals surface area contributed by atoms with E-state index >= 15 is 0 Å². The summed E-state index contributed by atoms with van der Waals surface area (Å²) in [7, 11) is 1.91. The summed E-state index contributed by atoms with van der Waals surface area (Å²) < 4.78 is 5.71.